The molecule has 0 unspecified atom stereocenters. The van der Waals surface area contributed by atoms with E-state index in [0.29, 0.717) is 58.1 Å². The number of ketones is 1. The molecular weight excluding hydrogens is 512 g/mol. The van der Waals surface area contributed by atoms with E-state index in [0.717, 1.165) is 12.0 Å². The standard InChI is InChI=1S/C30H42N4O6/c1-3-19(2)26-30(39)34-16-10-14-23(34)29(38)31-21(13-8-5-9-15-24(35)25-18-40-25)27(36)32-22(28(37)33-26)17-20-11-6-4-7-12-20/h4,6-7,11-12,19,21-23,25-26H,3,5,8-10,13-18H2,1-2H3,(H,31,38)(H,32,36)(H,33,37)/t19-,21-,22-,23+,25+,26-/m0/s1. The Morgan fingerprint density at radius 1 is 0.975 bits per heavy atom. The molecule has 3 fully saturated rings. The molecule has 40 heavy (non-hydrogen) atoms. The topological polar surface area (TPSA) is 137 Å². The average Bonchev–Trinajstić information content (AvgIpc) is 3.69. The van der Waals surface area contributed by atoms with Gasteiger partial charge in [0, 0.05) is 19.4 Å². The Kier molecular flexibility index (Phi) is 10.3. The lowest BCUT2D eigenvalue weighted by Crippen LogP contribution is -2.62. The lowest BCUT2D eigenvalue weighted by Gasteiger charge is -2.34. The van der Waals surface area contributed by atoms with Crippen LogP contribution in [0.2, 0.25) is 0 Å². The molecule has 3 aliphatic heterocycles. The number of hydrogen-bond donors (Lipinski definition) is 3. The third kappa shape index (κ3) is 7.68. The highest BCUT2D eigenvalue weighted by Crippen LogP contribution is 2.23. The number of unbranched alkanes of at least 4 members (excludes halogenated alkanes) is 2. The Bertz CT molecular complexity index is 1080. The second kappa shape index (κ2) is 13.9. The summed E-state index contributed by atoms with van der Waals surface area (Å²) in [6, 6.07) is 6.14. The molecule has 218 valence electrons. The Labute approximate surface area is 236 Å². The number of carbonyl (C=O) groups excluding carboxylic acids is 5. The van der Waals surface area contributed by atoms with E-state index in [2.05, 4.69) is 16.0 Å². The van der Waals surface area contributed by atoms with Crippen molar-refractivity contribution in [3.05, 3.63) is 35.9 Å². The largest absolute Gasteiger partial charge is 0.365 e. The molecule has 3 aliphatic rings. The minimum absolute atomic E-state index is 0.105. The van der Waals surface area contributed by atoms with Crippen molar-refractivity contribution in [3.8, 4) is 0 Å². The molecule has 1 aromatic carbocycles. The monoisotopic (exact) mass is 554 g/mol. The number of Topliss-reactive ketones (excluding diaryl/α,β-unsaturated/α-hetero) is 1. The summed E-state index contributed by atoms with van der Waals surface area (Å²) >= 11 is 0. The number of nitrogens with zero attached hydrogens (tertiary/aromatic N) is 1. The molecule has 10 heteroatoms. The van der Waals surface area contributed by atoms with E-state index < -0.39 is 36.0 Å². The van der Waals surface area contributed by atoms with E-state index >= 15 is 0 Å². The first-order valence-electron chi connectivity index (χ1n) is 14.7. The zero-order valence-corrected chi connectivity index (χ0v) is 23.5. The quantitative estimate of drug-likeness (QED) is 0.281. The van der Waals surface area contributed by atoms with E-state index in [4.69, 9.17) is 4.74 Å². The molecule has 0 spiro atoms. The molecular formula is C30H42N4O6. The summed E-state index contributed by atoms with van der Waals surface area (Å²) in [5.41, 5.74) is 0.867. The smallest absolute Gasteiger partial charge is 0.246 e. The summed E-state index contributed by atoms with van der Waals surface area (Å²) in [5.74, 6) is -1.49. The zero-order valence-electron chi connectivity index (χ0n) is 23.5. The molecule has 3 N–H and O–H groups in total. The molecule has 4 rings (SSSR count). The molecule has 6 atom stereocenters. The minimum atomic E-state index is -0.918. The van der Waals surface area contributed by atoms with Gasteiger partial charge in [-0.15, -0.1) is 0 Å². The SMILES string of the molecule is CC[C@H](C)[C@@H]1NC(=O)[C@H](Cc2ccccc2)NC(=O)[C@H](CCCCCC(=O)[C@H]2CO2)NC(=O)[C@H]2CCCN2C1=O. The van der Waals surface area contributed by atoms with Crippen LogP contribution >= 0.6 is 0 Å². The summed E-state index contributed by atoms with van der Waals surface area (Å²) in [6.45, 7) is 4.80. The van der Waals surface area contributed by atoms with Gasteiger partial charge in [-0.05, 0) is 37.2 Å². The van der Waals surface area contributed by atoms with Crippen LogP contribution in [0, 0.1) is 5.92 Å². The second-order valence-corrected chi connectivity index (χ2v) is 11.3. The predicted octanol–water partition coefficient (Wildman–Crippen LogP) is 1.65. The average molecular weight is 555 g/mol. The molecule has 0 bridgehead atoms. The van der Waals surface area contributed by atoms with Gasteiger partial charge in [-0.3, -0.25) is 24.0 Å². The minimum Gasteiger partial charge on any atom is -0.365 e. The molecule has 0 radical (unpaired) electrons. The van der Waals surface area contributed by atoms with Crippen LogP contribution in [0.15, 0.2) is 30.3 Å². The maximum Gasteiger partial charge on any atom is 0.246 e. The summed E-state index contributed by atoms with van der Waals surface area (Å²) in [6.07, 6.45) is 4.67. The maximum absolute atomic E-state index is 13.7. The first-order chi connectivity index (χ1) is 19.3. The van der Waals surface area contributed by atoms with E-state index in [1.54, 1.807) is 4.90 Å². The van der Waals surface area contributed by atoms with Crippen LogP contribution in [0.1, 0.15) is 70.8 Å². The van der Waals surface area contributed by atoms with Gasteiger partial charge in [-0.2, -0.15) is 0 Å². The van der Waals surface area contributed by atoms with Crippen LogP contribution in [0.25, 0.3) is 0 Å². The second-order valence-electron chi connectivity index (χ2n) is 11.3. The van der Waals surface area contributed by atoms with Crippen molar-refractivity contribution in [3.63, 3.8) is 0 Å². The van der Waals surface area contributed by atoms with Gasteiger partial charge < -0.3 is 25.6 Å². The van der Waals surface area contributed by atoms with Gasteiger partial charge >= 0.3 is 0 Å². The van der Waals surface area contributed by atoms with E-state index in [-0.39, 0.29) is 36.0 Å². The van der Waals surface area contributed by atoms with Crippen LogP contribution in [-0.4, -0.2) is 77.7 Å². The van der Waals surface area contributed by atoms with Crippen LogP contribution in [-0.2, 0) is 35.1 Å². The Morgan fingerprint density at radius 2 is 1.68 bits per heavy atom. The van der Waals surface area contributed by atoms with Crippen molar-refractivity contribution < 1.29 is 28.7 Å². The van der Waals surface area contributed by atoms with Gasteiger partial charge in [0.05, 0.1) is 6.61 Å². The zero-order chi connectivity index (χ0) is 28.6. The molecule has 1 aromatic rings. The van der Waals surface area contributed by atoms with Crippen LogP contribution in [0.3, 0.4) is 0 Å². The fourth-order valence-corrected chi connectivity index (χ4v) is 5.51. The molecule has 3 heterocycles. The van der Waals surface area contributed by atoms with E-state index in [1.165, 1.54) is 0 Å². The number of epoxide rings is 1. The van der Waals surface area contributed by atoms with Gasteiger partial charge in [-0.25, -0.2) is 0 Å². The number of rotatable bonds is 11. The summed E-state index contributed by atoms with van der Waals surface area (Å²) in [5, 5.41) is 8.71. The Hall–Kier alpha value is -3.27. The van der Waals surface area contributed by atoms with Gasteiger partial charge in [0.25, 0.3) is 0 Å². The Morgan fingerprint density at radius 3 is 2.38 bits per heavy atom. The van der Waals surface area contributed by atoms with Crippen LogP contribution in [0.5, 0.6) is 0 Å². The summed E-state index contributed by atoms with van der Waals surface area (Å²) < 4.78 is 5.03. The third-order valence-electron chi connectivity index (χ3n) is 8.27. The van der Waals surface area contributed by atoms with Gasteiger partial charge in [0.1, 0.15) is 30.3 Å². The molecule has 4 amide bonds. The van der Waals surface area contributed by atoms with Crippen LogP contribution < -0.4 is 16.0 Å². The van der Waals surface area contributed by atoms with Gasteiger partial charge in [0.15, 0.2) is 5.78 Å². The maximum atomic E-state index is 13.7. The number of carbonyl (C=O) groups is 5. The number of ether oxygens (including phenoxy) is 1. The lowest BCUT2D eigenvalue weighted by molar-refractivity contribution is -0.144. The van der Waals surface area contributed by atoms with Gasteiger partial charge in [-0.1, -0.05) is 63.4 Å². The third-order valence-corrected chi connectivity index (χ3v) is 8.27. The highest BCUT2D eigenvalue weighted by atomic mass is 16.6. The van der Waals surface area contributed by atoms with Crippen molar-refractivity contribution >= 4 is 29.4 Å². The number of benzene rings is 1. The Balaban J connectivity index is 1.53. The number of hydrogen-bond acceptors (Lipinski definition) is 6. The first kappa shape index (κ1) is 29.7. The normalized spacial score (nSPS) is 27.9. The number of nitrogens with one attached hydrogen (secondary N) is 3. The fraction of sp³-hybridized carbons (Fsp3) is 0.633. The molecule has 0 aliphatic carbocycles. The number of amides is 4. The summed E-state index contributed by atoms with van der Waals surface area (Å²) in [7, 11) is 0. The molecule has 3 saturated heterocycles. The van der Waals surface area contributed by atoms with E-state index in [9.17, 15) is 24.0 Å². The van der Waals surface area contributed by atoms with E-state index in [1.807, 2.05) is 44.2 Å². The molecule has 0 saturated carbocycles. The van der Waals surface area contributed by atoms with Gasteiger partial charge in [0.2, 0.25) is 23.6 Å². The van der Waals surface area contributed by atoms with Crippen LogP contribution in [0.4, 0.5) is 0 Å². The highest BCUT2D eigenvalue weighted by molar-refractivity contribution is 5.98. The number of fused-ring (bicyclic) bond motifs is 1. The van der Waals surface area contributed by atoms with Crippen molar-refractivity contribution in [1.29, 1.82) is 0 Å². The van der Waals surface area contributed by atoms with Crippen molar-refractivity contribution in [2.75, 3.05) is 13.2 Å². The molecule has 0 aromatic heterocycles. The fourth-order valence-electron chi connectivity index (χ4n) is 5.51. The lowest BCUT2D eigenvalue weighted by atomic mass is 9.95. The highest BCUT2D eigenvalue weighted by Gasteiger charge is 2.41. The van der Waals surface area contributed by atoms with Crippen molar-refractivity contribution in [1.82, 2.24) is 20.9 Å². The predicted molar refractivity (Wildman–Crippen MR) is 148 cm³/mol. The molecule has 10 nitrogen and oxygen atoms in total. The van der Waals surface area contributed by atoms with Crippen molar-refractivity contribution in [2.24, 2.45) is 5.92 Å². The first-order valence-corrected chi connectivity index (χ1v) is 14.7. The summed E-state index contributed by atoms with van der Waals surface area (Å²) in [4.78, 5) is 67.8. The van der Waals surface area contributed by atoms with Crippen molar-refractivity contribution in [2.45, 2.75) is 102 Å².